The molecule has 1 amide bonds. The maximum atomic E-state index is 12.5. The van der Waals surface area contributed by atoms with Gasteiger partial charge in [-0.15, -0.1) is 0 Å². The minimum Gasteiger partial charge on any atom is -0.495 e. The number of ether oxygens (including phenoxy) is 1. The van der Waals surface area contributed by atoms with E-state index in [4.69, 9.17) is 4.74 Å². The molecule has 23 heavy (non-hydrogen) atoms. The Hall–Kier alpha value is -2.50. The zero-order valence-corrected chi connectivity index (χ0v) is 13.5. The van der Waals surface area contributed by atoms with E-state index in [2.05, 4.69) is 27.9 Å². The zero-order chi connectivity index (χ0) is 16.2. The summed E-state index contributed by atoms with van der Waals surface area (Å²) in [6.45, 7) is 4.41. The first-order valence-electron chi connectivity index (χ1n) is 7.83. The van der Waals surface area contributed by atoms with Crippen LogP contribution in [0.3, 0.4) is 0 Å². The van der Waals surface area contributed by atoms with Crippen LogP contribution in [0.15, 0.2) is 36.8 Å². The molecule has 1 aliphatic heterocycles. The summed E-state index contributed by atoms with van der Waals surface area (Å²) in [5.41, 5.74) is 1.94. The largest absolute Gasteiger partial charge is 0.495 e. The van der Waals surface area contributed by atoms with Crippen molar-refractivity contribution in [2.75, 3.05) is 31.6 Å². The Morgan fingerprint density at radius 2 is 2.22 bits per heavy atom. The summed E-state index contributed by atoms with van der Waals surface area (Å²) < 4.78 is 5.44. The van der Waals surface area contributed by atoms with E-state index in [0.717, 1.165) is 30.2 Å². The van der Waals surface area contributed by atoms with Gasteiger partial charge in [0.1, 0.15) is 5.75 Å². The number of hydrogen-bond acceptors (Lipinski definition) is 4. The highest BCUT2D eigenvalue weighted by atomic mass is 16.5. The molecule has 3 rings (SSSR count). The molecule has 0 saturated carbocycles. The average Bonchev–Trinajstić information content (AvgIpc) is 3.07. The van der Waals surface area contributed by atoms with Crippen molar-refractivity contribution in [3.05, 3.63) is 42.5 Å². The van der Waals surface area contributed by atoms with Crippen LogP contribution in [0.1, 0.15) is 12.6 Å². The SMILES string of the molecule is COc1ccccc1N1CCN(C(=O)Cc2cnc[nH]2)[C@@H](C)C1. The first kappa shape index (κ1) is 15.4. The Morgan fingerprint density at radius 1 is 1.39 bits per heavy atom. The van der Waals surface area contributed by atoms with E-state index in [0.29, 0.717) is 13.0 Å². The van der Waals surface area contributed by atoms with Crippen LogP contribution in [0, 0.1) is 0 Å². The van der Waals surface area contributed by atoms with Crippen LogP contribution in [-0.4, -0.2) is 53.6 Å². The lowest BCUT2D eigenvalue weighted by Crippen LogP contribution is -2.54. The maximum absolute atomic E-state index is 12.5. The van der Waals surface area contributed by atoms with Gasteiger partial charge in [0.05, 0.1) is 25.5 Å². The predicted molar refractivity (Wildman–Crippen MR) is 88.7 cm³/mol. The fourth-order valence-electron chi connectivity index (χ4n) is 3.08. The number of carbonyl (C=O) groups excluding carboxylic acids is 1. The smallest absolute Gasteiger partial charge is 0.228 e. The van der Waals surface area contributed by atoms with Crippen molar-refractivity contribution in [1.29, 1.82) is 0 Å². The van der Waals surface area contributed by atoms with Crippen LogP contribution in [0.25, 0.3) is 0 Å². The lowest BCUT2D eigenvalue weighted by atomic mass is 10.1. The molecule has 1 atom stereocenters. The standard InChI is InChI=1S/C17H22N4O2/c1-13-11-20(15-5-3-4-6-16(15)23-2)7-8-21(13)17(22)9-14-10-18-12-19-14/h3-6,10,12-13H,7-9,11H2,1-2H3,(H,18,19)/t13-/m0/s1. The topological polar surface area (TPSA) is 61.5 Å². The maximum Gasteiger partial charge on any atom is 0.228 e. The van der Waals surface area contributed by atoms with Gasteiger partial charge in [-0.1, -0.05) is 12.1 Å². The Bertz CT molecular complexity index is 656. The molecule has 0 unspecified atom stereocenters. The highest BCUT2D eigenvalue weighted by molar-refractivity contribution is 5.79. The average molecular weight is 314 g/mol. The number of methoxy groups -OCH3 is 1. The van der Waals surface area contributed by atoms with Gasteiger partial charge in [0.15, 0.2) is 0 Å². The molecular weight excluding hydrogens is 292 g/mol. The minimum atomic E-state index is 0.140. The summed E-state index contributed by atoms with van der Waals surface area (Å²) in [6, 6.07) is 8.17. The van der Waals surface area contributed by atoms with E-state index in [9.17, 15) is 4.79 Å². The number of hydrogen-bond donors (Lipinski definition) is 1. The summed E-state index contributed by atoms with van der Waals surface area (Å²) in [5, 5.41) is 0. The van der Waals surface area contributed by atoms with Crippen molar-refractivity contribution >= 4 is 11.6 Å². The minimum absolute atomic E-state index is 0.140. The number of anilines is 1. The van der Waals surface area contributed by atoms with Crippen LogP contribution >= 0.6 is 0 Å². The van der Waals surface area contributed by atoms with E-state index >= 15 is 0 Å². The molecule has 6 heteroatoms. The number of nitrogens with zero attached hydrogens (tertiary/aromatic N) is 3. The number of nitrogens with one attached hydrogen (secondary N) is 1. The number of benzene rings is 1. The molecule has 0 bridgehead atoms. The molecular formula is C17H22N4O2. The summed E-state index contributed by atoms with van der Waals surface area (Å²) >= 11 is 0. The molecule has 1 aromatic carbocycles. The van der Waals surface area contributed by atoms with Gasteiger partial charge in [0, 0.05) is 37.6 Å². The van der Waals surface area contributed by atoms with Crippen molar-refractivity contribution in [2.24, 2.45) is 0 Å². The fourth-order valence-corrected chi connectivity index (χ4v) is 3.08. The molecule has 1 fully saturated rings. The number of aromatic nitrogens is 2. The third-order valence-electron chi connectivity index (χ3n) is 4.27. The van der Waals surface area contributed by atoms with E-state index in [1.807, 2.05) is 23.1 Å². The van der Waals surface area contributed by atoms with Crippen LogP contribution < -0.4 is 9.64 Å². The number of rotatable bonds is 4. The zero-order valence-electron chi connectivity index (χ0n) is 13.5. The summed E-state index contributed by atoms with van der Waals surface area (Å²) in [5.74, 6) is 1.01. The second kappa shape index (κ2) is 6.73. The number of para-hydroxylation sites is 2. The molecule has 122 valence electrons. The second-order valence-electron chi connectivity index (χ2n) is 5.81. The highest BCUT2D eigenvalue weighted by Crippen LogP contribution is 2.29. The quantitative estimate of drug-likeness (QED) is 0.933. The second-order valence-corrected chi connectivity index (χ2v) is 5.81. The fraction of sp³-hybridized carbons (Fsp3) is 0.412. The van der Waals surface area contributed by atoms with Gasteiger partial charge < -0.3 is 19.5 Å². The third kappa shape index (κ3) is 3.31. The molecule has 1 saturated heterocycles. The van der Waals surface area contributed by atoms with Gasteiger partial charge in [-0.3, -0.25) is 4.79 Å². The molecule has 6 nitrogen and oxygen atoms in total. The molecule has 0 aliphatic carbocycles. The Kier molecular flexibility index (Phi) is 4.50. The molecule has 0 spiro atoms. The van der Waals surface area contributed by atoms with Crippen molar-refractivity contribution in [2.45, 2.75) is 19.4 Å². The molecule has 2 heterocycles. The number of H-pyrrole nitrogens is 1. The van der Waals surface area contributed by atoms with E-state index in [-0.39, 0.29) is 11.9 Å². The number of carbonyl (C=O) groups is 1. The van der Waals surface area contributed by atoms with Gasteiger partial charge in [-0.25, -0.2) is 4.98 Å². The lowest BCUT2D eigenvalue weighted by Gasteiger charge is -2.41. The van der Waals surface area contributed by atoms with E-state index < -0.39 is 0 Å². The number of aromatic amines is 1. The van der Waals surface area contributed by atoms with Crippen LogP contribution in [0.4, 0.5) is 5.69 Å². The van der Waals surface area contributed by atoms with E-state index in [1.54, 1.807) is 19.6 Å². The van der Waals surface area contributed by atoms with Gasteiger partial charge in [0.25, 0.3) is 0 Å². The summed E-state index contributed by atoms with van der Waals surface area (Å²) in [6.07, 6.45) is 3.68. The number of imidazole rings is 1. The Balaban J connectivity index is 1.66. The van der Waals surface area contributed by atoms with Crippen LogP contribution in [-0.2, 0) is 11.2 Å². The van der Waals surface area contributed by atoms with E-state index in [1.165, 1.54) is 0 Å². The normalized spacial score (nSPS) is 18.1. The van der Waals surface area contributed by atoms with Crippen LogP contribution in [0.2, 0.25) is 0 Å². The first-order chi connectivity index (χ1) is 11.2. The van der Waals surface area contributed by atoms with Crippen molar-refractivity contribution in [3.63, 3.8) is 0 Å². The summed E-state index contributed by atoms with van der Waals surface area (Å²) in [7, 11) is 1.69. The van der Waals surface area contributed by atoms with Gasteiger partial charge in [-0.2, -0.15) is 0 Å². The van der Waals surface area contributed by atoms with Crippen molar-refractivity contribution in [3.8, 4) is 5.75 Å². The first-order valence-corrected chi connectivity index (χ1v) is 7.83. The third-order valence-corrected chi connectivity index (χ3v) is 4.27. The van der Waals surface area contributed by atoms with Gasteiger partial charge in [-0.05, 0) is 19.1 Å². The van der Waals surface area contributed by atoms with Crippen molar-refractivity contribution < 1.29 is 9.53 Å². The molecule has 0 radical (unpaired) electrons. The monoisotopic (exact) mass is 314 g/mol. The molecule has 2 aromatic rings. The number of amides is 1. The van der Waals surface area contributed by atoms with Crippen LogP contribution in [0.5, 0.6) is 5.75 Å². The lowest BCUT2D eigenvalue weighted by molar-refractivity contribution is -0.132. The van der Waals surface area contributed by atoms with Crippen molar-refractivity contribution in [1.82, 2.24) is 14.9 Å². The molecule has 1 N–H and O–H groups in total. The molecule has 1 aliphatic rings. The Labute approximate surface area is 136 Å². The number of piperazine rings is 1. The molecule has 1 aromatic heterocycles. The highest BCUT2D eigenvalue weighted by Gasteiger charge is 2.28. The van der Waals surface area contributed by atoms with Gasteiger partial charge in [0.2, 0.25) is 5.91 Å². The Morgan fingerprint density at radius 3 is 2.91 bits per heavy atom. The van der Waals surface area contributed by atoms with Gasteiger partial charge >= 0.3 is 0 Å². The predicted octanol–water partition coefficient (Wildman–Crippen LogP) is 1.70. The summed E-state index contributed by atoms with van der Waals surface area (Å²) in [4.78, 5) is 23.7.